The van der Waals surface area contributed by atoms with E-state index in [2.05, 4.69) is 5.32 Å². The molecule has 0 spiro atoms. The molecule has 1 heterocycles. The molecule has 5 fully saturated rings. The van der Waals surface area contributed by atoms with E-state index in [1.165, 1.54) is 38.5 Å². The molecule has 7 rings (SSSR count). The van der Waals surface area contributed by atoms with E-state index in [9.17, 15) is 14.4 Å². The van der Waals surface area contributed by atoms with Crippen LogP contribution >= 0.6 is 0 Å². The molecule has 0 radical (unpaired) electrons. The number of allylic oxidation sites excluding steroid dienone is 1. The Morgan fingerprint density at radius 3 is 2.35 bits per heavy atom. The van der Waals surface area contributed by atoms with Gasteiger partial charge in [0.2, 0.25) is 11.8 Å². The second-order valence-corrected chi connectivity index (χ2v) is 12.6. The number of nitrogens with one attached hydrogen (secondary N) is 1. The zero-order valence-electron chi connectivity index (χ0n) is 22.0. The fourth-order valence-electron chi connectivity index (χ4n) is 8.94. The van der Waals surface area contributed by atoms with Crippen LogP contribution in [0.1, 0.15) is 76.7 Å². The quantitative estimate of drug-likeness (QED) is 0.507. The molecule has 4 saturated carbocycles. The van der Waals surface area contributed by atoms with Crippen molar-refractivity contribution in [1.82, 2.24) is 10.2 Å². The highest BCUT2D eigenvalue weighted by atomic mass is 16.5. The number of piperidine rings is 1. The minimum Gasteiger partial charge on any atom is -0.465 e. The van der Waals surface area contributed by atoms with Gasteiger partial charge in [0, 0.05) is 24.6 Å². The van der Waals surface area contributed by atoms with Crippen LogP contribution in [0.25, 0.3) is 0 Å². The maximum absolute atomic E-state index is 13.8. The Labute approximate surface area is 220 Å². The summed E-state index contributed by atoms with van der Waals surface area (Å²) in [5.74, 6) is 1.62. The Morgan fingerprint density at radius 1 is 1.03 bits per heavy atom. The van der Waals surface area contributed by atoms with Crippen LogP contribution in [-0.2, 0) is 25.7 Å². The van der Waals surface area contributed by atoms with Crippen LogP contribution in [0.3, 0.4) is 0 Å². The number of fused-ring (bicyclic) bond motifs is 1. The summed E-state index contributed by atoms with van der Waals surface area (Å²) in [6.45, 7) is 3.25. The maximum atomic E-state index is 13.8. The average Bonchev–Trinajstić information content (AvgIpc) is 3.30. The fraction of sp³-hybridized carbons (Fsp3) is 0.645. The van der Waals surface area contributed by atoms with E-state index in [1.54, 1.807) is 4.90 Å². The zero-order valence-corrected chi connectivity index (χ0v) is 22.0. The minimum atomic E-state index is -0.844. The Balaban J connectivity index is 1.19. The number of likely N-dealkylation sites (tertiary alicyclic amines) is 1. The van der Waals surface area contributed by atoms with Crippen molar-refractivity contribution in [1.29, 1.82) is 0 Å². The minimum absolute atomic E-state index is 0.0538. The van der Waals surface area contributed by atoms with Gasteiger partial charge in [-0.2, -0.15) is 0 Å². The number of nitrogens with zero attached hydrogens (tertiary/aromatic N) is 1. The Morgan fingerprint density at radius 2 is 1.70 bits per heavy atom. The van der Waals surface area contributed by atoms with Crippen LogP contribution in [-0.4, -0.2) is 35.8 Å². The van der Waals surface area contributed by atoms with Gasteiger partial charge in [-0.3, -0.25) is 14.4 Å². The van der Waals surface area contributed by atoms with Gasteiger partial charge in [0.25, 0.3) is 0 Å². The summed E-state index contributed by atoms with van der Waals surface area (Å²) in [6.07, 6.45) is 11.7. The number of carbonyl (C=O) groups excluding carboxylic acids is 3. The lowest BCUT2D eigenvalue weighted by molar-refractivity contribution is -0.161. The molecular weight excluding hydrogens is 464 g/mol. The molecular formula is C31H40N2O4. The third-order valence-corrected chi connectivity index (χ3v) is 10.0. The largest absolute Gasteiger partial charge is 0.465 e. The molecule has 5 aliphatic carbocycles. The van der Waals surface area contributed by atoms with E-state index in [4.69, 9.17) is 4.74 Å². The molecule has 1 N–H and O–H groups in total. The number of rotatable bonds is 8. The molecule has 1 aliphatic heterocycles. The lowest BCUT2D eigenvalue weighted by Crippen LogP contribution is -2.53. The number of ether oxygens (including phenoxy) is 1. The van der Waals surface area contributed by atoms with Crippen molar-refractivity contribution in [3.63, 3.8) is 0 Å². The van der Waals surface area contributed by atoms with Gasteiger partial charge in [-0.15, -0.1) is 0 Å². The standard InChI is InChI=1S/C31H40N2O4/c1-2-37-29(36)31-10-6-9-26(31)33(19-21-7-4-3-5-8-21)28(35)25(18-31)14-27(34)32-20-30-15-22-11-23(16-30)13-24(12-22)17-30/h3-5,7-9,22-25H,2,6,10-20H2,1H3,(H,32,34)/t22?,23?,24?,25-,30?,31+/m1/s1. The molecule has 6 aliphatic rings. The van der Waals surface area contributed by atoms with E-state index < -0.39 is 11.3 Å². The smallest absolute Gasteiger partial charge is 0.318 e. The summed E-state index contributed by atoms with van der Waals surface area (Å²) in [5.41, 5.74) is 1.19. The first kappa shape index (κ1) is 24.7. The van der Waals surface area contributed by atoms with Crippen molar-refractivity contribution in [2.75, 3.05) is 13.2 Å². The second kappa shape index (κ2) is 9.59. The first-order valence-corrected chi connectivity index (χ1v) is 14.4. The summed E-state index contributed by atoms with van der Waals surface area (Å²) in [5, 5.41) is 3.26. The van der Waals surface area contributed by atoms with E-state index in [0.717, 1.165) is 42.0 Å². The van der Waals surface area contributed by atoms with Crippen molar-refractivity contribution in [3.05, 3.63) is 47.7 Å². The van der Waals surface area contributed by atoms with Gasteiger partial charge in [-0.05, 0) is 93.4 Å². The van der Waals surface area contributed by atoms with Crippen LogP contribution in [0.4, 0.5) is 0 Å². The first-order chi connectivity index (χ1) is 17.9. The van der Waals surface area contributed by atoms with Gasteiger partial charge in [-0.25, -0.2) is 0 Å². The average molecular weight is 505 g/mol. The van der Waals surface area contributed by atoms with Crippen molar-refractivity contribution >= 4 is 17.8 Å². The monoisotopic (exact) mass is 504 g/mol. The van der Waals surface area contributed by atoms with E-state index in [0.29, 0.717) is 26.0 Å². The highest BCUT2D eigenvalue weighted by Crippen LogP contribution is 2.59. The summed E-state index contributed by atoms with van der Waals surface area (Å²) in [4.78, 5) is 42.2. The number of carbonyl (C=O) groups is 3. The van der Waals surface area contributed by atoms with Crippen molar-refractivity contribution in [3.8, 4) is 0 Å². The number of amides is 2. The molecule has 37 heavy (non-hydrogen) atoms. The van der Waals surface area contributed by atoms with Crippen molar-refractivity contribution in [2.24, 2.45) is 34.5 Å². The summed E-state index contributed by atoms with van der Waals surface area (Å²) in [7, 11) is 0. The van der Waals surface area contributed by atoms with E-state index in [-0.39, 0.29) is 29.6 Å². The molecule has 2 amide bonds. The molecule has 1 saturated heterocycles. The predicted molar refractivity (Wildman–Crippen MR) is 140 cm³/mol. The van der Waals surface area contributed by atoms with Crippen LogP contribution in [0, 0.1) is 34.5 Å². The molecule has 1 aromatic rings. The molecule has 6 heteroatoms. The normalized spacial score (nSPS) is 35.8. The highest BCUT2D eigenvalue weighted by Gasteiger charge is 2.56. The molecule has 4 bridgehead atoms. The molecule has 1 aromatic carbocycles. The molecule has 198 valence electrons. The second-order valence-electron chi connectivity index (χ2n) is 12.6. The Kier molecular flexibility index (Phi) is 6.40. The predicted octanol–water partition coefficient (Wildman–Crippen LogP) is 4.99. The zero-order chi connectivity index (χ0) is 25.6. The van der Waals surface area contributed by atoms with Gasteiger partial charge in [0.05, 0.1) is 13.2 Å². The van der Waals surface area contributed by atoms with Crippen LogP contribution in [0.15, 0.2) is 42.1 Å². The van der Waals surface area contributed by atoms with Crippen LogP contribution in [0.5, 0.6) is 0 Å². The SMILES string of the molecule is CCOC(=O)[C@]12CCC=C1N(Cc1ccccc1)C(=O)[C@H](CC(=O)NCC13CC4CC(CC(C4)C1)C3)C2. The lowest BCUT2D eigenvalue weighted by atomic mass is 9.49. The number of benzene rings is 1. The van der Waals surface area contributed by atoms with E-state index in [1.807, 2.05) is 43.3 Å². The fourth-order valence-corrected chi connectivity index (χ4v) is 8.94. The van der Waals surface area contributed by atoms with Gasteiger partial charge in [0.15, 0.2) is 0 Å². The van der Waals surface area contributed by atoms with Gasteiger partial charge in [-0.1, -0.05) is 36.4 Å². The molecule has 0 unspecified atom stereocenters. The third kappa shape index (κ3) is 4.51. The lowest BCUT2D eigenvalue weighted by Gasteiger charge is -2.57. The molecule has 2 atom stereocenters. The summed E-state index contributed by atoms with van der Waals surface area (Å²) < 4.78 is 5.54. The van der Waals surface area contributed by atoms with Crippen LogP contribution < -0.4 is 5.32 Å². The topological polar surface area (TPSA) is 75.7 Å². The number of hydrogen-bond acceptors (Lipinski definition) is 4. The van der Waals surface area contributed by atoms with Gasteiger partial charge in [0.1, 0.15) is 5.41 Å². The van der Waals surface area contributed by atoms with Crippen molar-refractivity contribution < 1.29 is 19.1 Å². The van der Waals surface area contributed by atoms with E-state index >= 15 is 0 Å². The highest BCUT2D eigenvalue weighted by molar-refractivity contribution is 5.92. The van der Waals surface area contributed by atoms with Crippen molar-refractivity contribution in [2.45, 2.75) is 77.7 Å². The maximum Gasteiger partial charge on any atom is 0.318 e. The van der Waals surface area contributed by atoms with Crippen LogP contribution in [0.2, 0.25) is 0 Å². The first-order valence-electron chi connectivity index (χ1n) is 14.4. The van der Waals surface area contributed by atoms with Gasteiger partial charge < -0.3 is 15.0 Å². The number of esters is 1. The Hall–Kier alpha value is -2.63. The summed E-state index contributed by atoms with van der Waals surface area (Å²) >= 11 is 0. The molecule has 6 nitrogen and oxygen atoms in total. The molecule has 0 aromatic heterocycles. The Bertz CT molecular complexity index is 1060. The van der Waals surface area contributed by atoms with Gasteiger partial charge >= 0.3 is 5.97 Å². The summed E-state index contributed by atoms with van der Waals surface area (Å²) in [6, 6.07) is 9.87. The number of hydrogen-bond donors (Lipinski definition) is 1. The third-order valence-electron chi connectivity index (χ3n) is 10.0.